The number of piperazine rings is 1. The summed E-state index contributed by atoms with van der Waals surface area (Å²) in [7, 11) is 6.15. The van der Waals surface area contributed by atoms with Crippen molar-refractivity contribution in [1.82, 2.24) is 15.1 Å². The number of likely N-dealkylation sites (N-methyl/N-ethyl adjacent to an activating group) is 2. The van der Waals surface area contributed by atoms with Crippen LogP contribution in [0, 0.1) is 0 Å². The van der Waals surface area contributed by atoms with E-state index in [1.165, 1.54) is 5.69 Å². The smallest absolute Gasteiger partial charge is 0.239 e. The molecule has 2 N–H and O–H groups in total. The van der Waals surface area contributed by atoms with Crippen LogP contribution < -0.4 is 15.5 Å². The molecule has 1 aromatic rings. The largest absolute Gasteiger partial charge is 0.376 e. The van der Waals surface area contributed by atoms with Gasteiger partial charge in [-0.3, -0.25) is 4.79 Å². The molecule has 0 aliphatic carbocycles. The third-order valence-electron chi connectivity index (χ3n) is 4.07. The Balaban J connectivity index is 1.73. The molecule has 2 rings (SSSR count). The normalized spacial score (nSPS) is 15.7. The molecule has 1 amide bonds. The summed E-state index contributed by atoms with van der Waals surface area (Å²) in [5, 5.41) is 6.06. The van der Waals surface area contributed by atoms with Gasteiger partial charge >= 0.3 is 0 Å². The monoisotopic (exact) mass is 319 g/mol. The van der Waals surface area contributed by atoms with E-state index in [2.05, 4.69) is 39.6 Å². The van der Waals surface area contributed by atoms with Gasteiger partial charge in [0.15, 0.2) is 0 Å². The Kier molecular flexibility index (Phi) is 6.67. The van der Waals surface area contributed by atoms with E-state index in [1.807, 2.05) is 31.1 Å². The average Bonchev–Trinajstić information content (AvgIpc) is 2.54. The summed E-state index contributed by atoms with van der Waals surface area (Å²) < 4.78 is 0. The molecule has 1 aromatic carbocycles. The predicted molar refractivity (Wildman–Crippen MR) is 96.2 cm³/mol. The number of anilines is 2. The van der Waals surface area contributed by atoms with Gasteiger partial charge in [-0.25, -0.2) is 0 Å². The molecule has 0 saturated carbocycles. The van der Waals surface area contributed by atoms with Crippen LogP contribution >= 0.6 is 0 Å². The first-order valence-electron chi connectivity index (χ1n) is 8.23. The minimum atomic E-state index is 0.0231. The van der Waals surface area contributed by atoms with Crippen LogP contribution in [-0.2, 0) is 4.79 Å². The SMILES string of the molecule is CN(C)CCNC(=O)CNc1ccc(N2CCN(C)CC2)cc1. The Morgan fingerprint density at radius 3 is 2.39 bits per heavy atom. The van der Waals surface area contributed by atoms with Crippen molar-refractivity contribution in [1.29, 1.82) is 0 Å². The molecule has 0 atom stereocenters. The van der Waals surface area contributed by atoms with Gasteiger partial charge in [-0.2, -0.15) is 0 Å². The summed E-state index contributed by atoms with van der Waals surface area (Å²) in [6.07, 6.45) is 0. The Labute approximate surface area is 139 Å². The highest BCUT2D eigenvalue weighted by atomic mass is 16.1. The molecule has 1 aliphatic rings. The lowest BCUT2D eigenvalue weighted by molar-refractivity contribution is -0.119. The first kappa shape index (κ1) is 17.6. The second-order valence-electron chi connectivity index (χ2n) is 6.34. The van der Waals surface area contributed by atoms with Crippen LogP contribution in [0.2, 0.25) is 0 Å². The second kappa shape index (κ2) is 8.74. The van der Waals surface area contributed by atoms with Crippen LogP contribution in [0.25, 0.3) is 0 Å². The Hall–Kier alpha value is -1.79. The van der Waals surface area contributed by atoms with Gasteiger partial charge in [0.2, 0.25) is 5.91 Å². The van der Waals surface area contributed by atoms with Crippen molar-refractivity contribution in [2.24, 2.45) is 0 Å². The van der Waals surface area contributed by atoms with E-state index >= 15 is 0 Å². The number of nitrogens with one attached hydrogen (secondary N) is 2. The quantitative estimate of drug-likeness (QED) is 0.768. The molecule has 1 aliphatic heterocycles. The molecule has 0 unspecified atom stereocenters. The lowest BCUT2D eigenvalue weighted by atomic mass is 10.2. The van der Waals surface area contributed by atoms with E-state index in [0.717, 1.165) is 38.4 Å². The van der Waals surface area contributed by atoms with E-state index in [9.17, 15) is 4.79 Å². The number of nitrogens with zero attached hydrogens (tertiary/aromatic N) is 3. The zero-order chi connectivity index (χ0) is 16.7. The van der Waals surface area contributed by atoms with Gasteiger partial charge in [-0.15, -0.1) is 0 Å². The number of carbonyl (C=O) groups excluding carboxylic acids is 1. The molecular formula is C17H29N5O. The number of carbonyl (C=O) groups is 1. The molecule has 128 valence electrons. The molecule has 1 fully saturated rings. The van der Waals surface area contributed by atoms with Crippen LogP contribution in [0.3, 0.4) is 0 Å². The van der Waals surface area contributed by atoms with Crippen LogP contribution in [0.5, 0.6) is 0 Å². The highest BCUT2D eigenvalue weighted by molar-refractivity contribution is 5.80. The van der Waals surface area contributed by atoms with E-state index in [1.54, 1.807) is 0 Å². The molecular weight excluding hydrogens is 290 g/mol. The zero-order valence-corrected chi connectivity index (χ0v) is 14.5. The summed E-state index contributed by atoms with van der Waals surface area (Å²) in [6.45, 7) is 6.18. The van der Waals surface area contributed by atoms with Gasteiger partial charge in [0.05, 0.1) is 6.54 Å². The number of hydrogen-bond donors (Lipinski definition) is 2. The molecule has 0 radical (unpaired) electrons. The summed E-state index contributed by atoms with van der Waals surface area (Å²) >= 11 is 0. The van der Waals surface area contributed by atoms with Gasteiger partial charge in [-0.1, -0.05) is 0 Å². The Bertz CT molecular complexity index is 480. The molecule has 6 nitrogen and oxygen atoms in total. The van der Waals surface area contributed by atoms with Gasteiger partial charge in [0.25, 0.3) is 0 Å². The molecule has 1 saturated heterocycles. The minimum absolute atomic E-state index is 0.0231. The van der Waals surface area contributed by atoms with E-state index in [4.69, 9.17) is 0 Å². The molecule has 23 heavy (non-hydrogen) atoms. The maximum atomic E-state index is 11.7. The maximum absolute atomic E-state index is 11.7. The van der Waals surface area contributed by atoms with Crippen molar-refractivity contribution in [2.45, 2.75) is 0 Å². The second-order valence-corrected chi connectivity index (χ2v) is 6.34. The Morgan fingerprint density at radius 2 is 1.78 bits per heavy atom. The fourth-order valence-electron chi connectivity index (χ4n) is 2.52. The molecule has 1 heterocycles. The molecule has 0 bridgehead atoms. The highest BCUT2D eigenvalue weighted by Crippen LogP contribution is 2.19. The van der Waals surface area contributed by atoms with Gasteiger partial charge in [0.1, 0.15) is 0 Å². The number of benzene rings is 1. The summed E-state index contributed by atoms with van der Waals surface area (Å²) in [5.41, 5.74) is 2.23. The fraction of sp³-hybridized carbons (Fsp3) is 0.588. The van der Waals surface area contributed by atoms with Gasteiger partial charge in [-0.05, 0) is 45.4 Å². The summed E-state index contributed by atoms with van der Waals surface area (Å²) in [4.78, 5) is 18.5. The van der Waals surface area contributed by atoms with Crippen molar-refractivity contribution >= 4 is 17.3 Å². The third-order valence-corrected chi connectivity index (χ3v) is 4.07. The lowest BCUT2D eigenvalue weighted by Crippen LogP contribution is -2.44. The first-order chi connectivity index (χ1) is 11.0. The van der Waals surface area contributed by atoms with Crippen LogP contribution in [0.15, 0.2) is 24.3 Å². The van der Waals surface area contributed by atoms with Crippen molar-refractivity contribution in [3.63, 3.8) is 0 Å². The average molecular weight is 319 g/mol. The van der Waals surface area contributed by atoms with Crippen molar-refractivity contribution in [3.05, 3.63) is 24.3 Å². The van der Waals surface area contributed by atoms with E-state index in [0.29, 0.717) is 13.1 Å². The molecule has 0 aromatic heterocycles. The van der Waals surface area contributed by atoms with Crippen LogP contribution in [-0.4, -0.2) is 82.7 Å². The standard InChI is InChI=1S/C17H29N5O/c1-20(2)9-8-18-17(23)14-19-15-4-6-16(7-5-15)22-12-10-21(3)11-13-22/h4-7,19H,8-14H2,1-3H3,(H,18,23). The fourth-order valence-corrected chi connectivity index (χ4v) is 2.52. The number of rotatable bonds is 7. The van der Waals surface area contributed by atoms with Crippen molar-refractivity contribution < 1.29 is 4.79 Å². The Morgan fingerprint density at radius 1 is 1.13 bits per heavy atom. The van der Waals surface area contributed by atoms with Crippen LogP contribution in [0.4, 0.5) is 11.4 Å². The van der Waals surface area contributed by atoms with E-state index in [-0.39, 0.29) is 5.91 Å². The minimum Gasteiger partial charge on any atom is -0.376 e. The van der Waals surface area contributed by atoms with Gasteiger partial charge in [0, 0.05) is 50.6 Å². The zero-order valence-electron chi connectivity index (χ0n) is 14.5. The predicted octanol–water partition coefficient (Wildman–Crippen LogP) is 0.528. The summed E-state index contributed by atoms with van der Waals surface area (Å²) in [5.74, 6) is 0.0231. The maximum Gasteiger partial charge on any atom is 0.239 e. The lowest BCUT2D eigenvalue weighted by Gasteiger charge is -2.34. The number of amides is 1. The van der Waals surface area contributed by atoms with Crippen LogP contribution in [0.1, 0.15) is 0 Å². The highest BCUT2D eigenvalue weighted by Gasteiger charge is 2.13. The van der Waals surface area contributed by atoms with Crippen molar-refractivity contribution in [3.8, 4) is 0 Å². The van der Waals surface area contributed by atoms with E-state index < -0.39 is 0 Å². The topological polar surface area (TPSA) is 50.9 Å². The number of hydrogen-bond acceptors (Lipinski definition) is 5. The summed E-state index contributed by atoms with van der Waals surface area (Å²) in [6, 6.07) is 8.33. The van der Waals surface area contributed by atoms with Gasteiger partial charge < -0.3 is 25.3 Å². The molecule has 0 spiro atoms. The molecule has 6 heteroatoms. The van der Waals surface area contributed by atoms with Crippen molar-refractivity contribution in [2.75, 3.05) is 77.2 Å². The first-order valence-corrected chi connectivity index (χ1v) is 8.23. The third kappa shape index (κ3) is 6.08.